The molecule has 0 N–H and O–H groups in total. The van der Waals surface area contributed by atoms with Gasteiger partial charge in [0, 0.05) is 5.92 Å². The normalized spacial score (nSPS) is 21.8. The van der Waals surface area contributed by atoms with E-state index in [4.69, 9.17) is 4.74 Å². The Bertz CT molecular complexity index is 315. The summed E-state index contributed by atoms with van der Waals surface area (Å²) in [6.45, 7) is 3.71. The van der Waals surface area contributed by atoms with E-state index in [-0.39, 0.29) is 0 Å². The molecule has 0 spiro atoms. The molecule has 1 atom stereocenters. The van der Waals surface area contributed by atoms with Crippen molar-refractivity contribution >= 4 is 0 Å². The minimum Gasteiger partial charge on any atom is -0.376 e. The summed E-state index contributed by atoms with van der Waals surface area (Å²) in [6.07, 6.45) is 4.33. The van der Waals surface area contributed by atoms with E-state index in [1.54, 1.807) is 0 Å². The highest BCUT2D eigenvalue weighted by Gasteiger charge is 2.10. The number of ether oxygens (including phenoxy) is 1. The first-order valence-corrected chi connectivity index (χ1v) is 4.67. The Kier molecular flexibility index (Phi) is 2.46. The van der Waals surface area contributed by atoms with Crippen LogP contribution in [0, 0.1) is 6.92 Å². The molecule has 1 heteroatoms. The van der Waals surface area contributed by atoms with Crippen LogP contribution in [0.1, 0.15) is 17.0 Å². The summed E-state index contributed by atoms with van der Waals surface area (Å²) in [5, 5.41) is 0. The highest BCUT2D eigenvalue weighted by Crippen LogP contribution is 2.20. The van der Waals surface area contributed by atoms with Crippen molar-refractivity contribution in [2.24, 2.45) is 0 Å². The van der Waals surface area contributed by atoms with Gasteiger partial charge in [0.25, 0.3) is 0 Å². The summed E-state index contributed by atoms with van der Waals surface area (Å²) < 4.78 is 5.39. The molecule has 0 aromatic heterocycles. The maximum Gasteiger partial charge on any atom is 0.0648 e. The summed E-state index contributed by atoms with van der Waals surface area (Å²) in [6, 6.07) is 8.62. The zero-order valence-corrected chi connectivity index (χ0v) is 7.86. The van der Waals surface area contributed by atoms with Crippen molar-refractivity contribution < 1.29 is 4.74 Å². The summed E-state index contributed by atoms with van der Waals surface area (Å²) in [7, 11) is 0. The zero-order chi connectivity index (χ0) is 9.10. The second-order valence-corrected chi connectivity index (χ2v) is 3.49. The van der Waals surface area contributed by atoms with Crippen LogP contribution in [0.5, 0.6) is 0 Å². The zero-order valence-electron chi connectivity index (χ0n) is 7.86. The van der Waals surface area contributed by atoms with Crippen molar-refractivity contribution in [3.8, 4) is 0 Å². The molecule has 0 bridgehead atoms. The van der Waals surface area contributed by atoms with Gasteiger partial charge in [-0.15, -0.1) is 0 Å². The molecule has 1 aromatic carbocycles. The Hall–Kier alpha value is -1.08. The van der Waals surface area contributed by atoms with Crippen LogP contribution >= 0.6 is 0 Å². The van der Waals surface area contributed by atoms with Crippen molar-refractivity contribution in [1.29, 1.82) is 0 Å². The number of aryl methyl sites for hydroxylation is 1. The summed E-state index contributed by atoms with van der Waals surface area (Å²) in [5.74, 6) is 0.452. The first-order chi connectivity index (χ1) is 6.36. The summed E-state index contributed by atoms with van der Waals surface area (Å²) in [4.78, 5) is 0. The first kappa shape index (κ1) is 8.52. The van der Waals surface area contributed by atoms with Crippen LogP contribution in [0.15, 0.2) is 36.4 Å². The maximum atomic E-state index is 5.39. The smallest absolute Gasteiger partial charge is 0.0648 e. The van der Waals surface area contributed by atoms with E-state index < -0.39 is 0 Å². The van der Waals surface area contributed by atoms with E-state index in [2.05, 4.69) is 43.3 Å². The quantitative estimate of drug-likeness (QED) is 0.595. The Balaban J connectivity index is 2.24. The van der Waals surface area contributed by atoms with Crippen LogP contribution in [0.4, 0.5) is 0 Å². The average Bonchev–Trinajstić information content (AvgIpc) is 2.19. The Morgan fingerprint density at radius 1 is 1.38 bits per heavy atom. The fourth-order valence-corrected chi connectivity index (χ4v) is 1.65. The van der Waals surface area contributed by atoms with Crippen molar-refractivity contribution in [2.75, 3.05) is 13.2 Å². The number of hydrogen-bond acceptors (Lipinski definition) is 1. The van der Waals surface area contributed by atoms with Crippen molar-refractivity contribution in [3.63, 3.8) is 0 Å². The maximum absolute atomic E-state index is 5.39. The standard InChI is InChI=1S/C12H14O/c1-10-4-2-5-11(8-10)12-6-3-7-13-9-12/h2-6,8,12H,7,9H2,1H3/t12-/m1/s1. The second-order valence-electron chi connectivity index (χ2n) is 3.49. The van der Waals surface area contributed by atoms with Gasteiger partial charge >= 0.3 is 0 Å². The molecule has 0 amide bonds. The number of hydrogen-bond donors (Lipinski definition) is 0. The monoisotopic (exact) mass is 174 g/mol. The lowest BCUT2D eigenvalue weighted by Gasteiger charge is -2.17. The van der Waals surface area contributed by atoms with Gasteiger partial charge in [-0.25, -0.2) is 0 Å². The van der Waals surface area contributed by atoms with Crippen LogP contribution in [0.2, 0.25) is 0 Å². The minimum absolute atomic E-state index is 0.452. The Morgan fingerprint density at radius 2 is 2.31 bits per heavy atom. The van der Waals surface area contributed by atoms with Gasteiger partial charge < -0.3 is 4.74 Å². The largest absolute Gasteiger partial charge is 0.376 e. The highest BCUT2D eigenvalue weighted by atomic mass is 16.5. The first-order valence-electron chi connectivity index (χ1n) is 4.67. The topological polar surface area (TPSA) is 9.23 Å². The third-order valence-electron chi connectivity index (χ3n) is 2.35. The molecule has 1 heterocycles. The van der Waals surface area contributed by atoms with Crippen LogP contribution < -0.4 is 0 Å². The average molecular weight is 174 g/mol. The lowest BCUT2D eigenvalue weighted by Crippen LogP contribution is -2.10. The number of rotatable bonds is 1. The molecular formula is C12H14O. The predicted molar refractivity (Wildman–Crippen MR) is 53.9 cm³/mol. The van der Waals surface area contributed by atoms with Crippen molar-refractivity contribution in [3.05, 3.63) is 47.5 Å². The van der Waals surface area contributed by atoms with Crippen molar-refractivity contribution in [1.82, 2.24) is 0 Å². The van der Waals surface area contributed by atoms with Gasteiger partial charge in [0.1, 0.15) is 0 Å². The van der Waals surface area contributed by atoms with Crippen molar-refractivity contribution in [2.45, 2.75) is 12.8 Å². The molecule has 1 nitrogen and oxygen atoms in total. The van der Waals surface area contributed by atoms with E-state index in [9.17, 15) is 0 Å². The van der Waals surface area contributed by atoms with Crippen LogP contribution in [0.3, 0.4) is 0 Å². The molecule has 0 saturated heterocycles. The molecule has 0 fully saturated rings. The van der Waals surface area contributed by atoms with E-state index in [0.717, 1.165) is 13.2 Å². The summed E-state index contributed by atoms with van der Waals surface area (Å²) in [5.41, 5.74) is 2.67. The molecular weight excluding hydrogens is 160 g/mol. The van der Waals surface area contributed by atoms with E-state index in [0.29, 0.717) is 5.92 Å². The summed E-state index contributed by atoms with van der Waals surface area (Å²) >= 11 is 0. The number of benzene rings is 1. The Labute approximate surface area is 79.0 Å². The third-order valence-corrected chi connectivity index (χ3v) is 2.35. The molecule has 0 radical (unpaired) electrons. The molecule has 13 heavy (non-hydrogen) atoms. The molecule has 1 aliphatic rings. The third kappa shape index (κ3) is 1.99. The highest BCUT2D eigenvalue weighted by molar-refractivity contribution is 5.29. The molecule has 2 rings (SSSR count). The SMILES string of the molecule is Cc1cccc([C@@H]2C=CCOC2)c1. The van der Waals surface area contributed by atoms with E-state index >= 15 is 0 Å². The second kappa shape index (κ2) is 3.75. The van der Waals surface area contributed by atoms with Gasteiger partial charge in [-0.1, -0.05) is 42.0 Å². The molecule has 0 saturated carbocycles. The van der Waals surface area contributed by atoms with Gasteiger partial charge in [0.05, 0.1) is 13.2 Å². The van der Waals surface area contributed by atoms with Gasteiger partial charge in [-0.05, 0) is 12.5 Å². The van der Waals surface area contributed by atoms with Gasteiger partial charge in [-0.2, -0.15) is 0 Å². The van der Waals surface area contributed by atoms with Gasteiger partial charge in [-0.3, -0.25) is 0 Å². The fraction of sp³-hybridized carbons (Fsp3) is 0.333. The fourth-order valence-electron chi connectivity index (χ4n) is 1.65. The molecule has 0 aliphatic carbocycles. The molecule has 0 unspecified atom stereocenters. The van der Waals surface area contributed by atoms with Crippen LogP contribution in [-0.2, 0) is 4.74 Å². The van der Waals surface area contributed by atoms with E-state index in [1.165, 1.54) is 11.1 Å². The lowest BCUT2D eigenvalue weighted by molar-refractivity contribution is 0.146. The van der Waals surface area contributed by atoms with Crippen LogP contribution in [-0.4, -0.2) is 13.2 Å². The van der Waals surface area contributed by atoms with Gasteiger partial charge in [0.15, 0.2) is 0 Å². The molecule has 1 aromatic rings. The Morgan fingerprint density at radius 3 is 3.00 bits per heavy atom. The van der Waals surface area contributed by atoms with Gasteiger partial charge in [0.2, 0.25) is 0 Å². The molecule has 68 valence electrons. The lowest BCUT2D eigenvalue weighted by atomic mass is 9.97. The predicted octanol–water partition coefficient (Wildman–Crippen LogP) is 2.67. The minimum atomic E-state index is 0.452. The van der Waals surface area contributed by atoms with Crippen LogP contribution in [0.25, 0.3) is 0 Å². The molecule has 1 aliphatic heterocycles. The van der Waals surface area contributed by atoms with E-state index in [1.807, 2.05) is 0 Å².